The number of carbonyl (C=O) groups excluding carboxylic acids is 1. The molecule has 126 valence electrons. The van der Waals surface area contributed by atoms with Gasteiger partial charge in [-0.2, -0.15) is 0 Å². The topological polar surface area (TPSA) is 53.0 Å². The summed E-state index contributed by atoms with van der Waals surface area (Å²) >= 11 is 0. The molecule has 0 radical (unpaired) electrons. The highest BCUT2D eigenvalue weighted by atomic mass is 16.5. The summed E-state index contributed by atoms with van der Waals surface area (Å²) in [6, 6.07) is 0.992. The van der Waals surface area contributed by atoms with Gasteiger partial charge in [0.2, 0.25) is 5.91 Å². The third kappa shape index (κ3) is 3.81. The minimum absolute atomic E-state index is 0.164. The van der Waals surface area contributed by atoms with E-state index in [9.17, 15) is 9.90 Å². The third-order valence-corrected chi connectivity index (χ3v) is 5.18. The maximum Gasteiger partial charge on any atom is 0.223 e. The Morgan fingerprint density at radius 1 is 1.27 bits per heavy atom. The van der Waals surface area contributed by atoms with Crippen molar-refractivity contribution in [1.29, 1.82) is 0 Å². The predicted octanol–water partition coefficient (Wildman–Crippen LogP) is 1.25. The molecule has 2 aliphatic heterocycles. The summed E-state index contributed by atoms with van der Waals surface area (Å²) in [5, 5.41) is 10.1. The Morgan fingerprint density at radius 3 is 2.73 bits per heavy atom. The summed E-state index contributed by atoms with van der Waals surface area (Å²) in [4.78, 5) is 16.8. The number of amides is 1. The number of aliphatic hydroxyl groups is 1. The van der Waals surface area contributed by atoms with Crippen molar-refractivity contribution >= 4 is 5.91 Å². The number of aliphatic hydroxyl groups excluding tert-OH is 1. The average molecular weight is 310 g/mol. The Morgan fingerprint density at radius 2 is 2.05 bits per heavy atom. The SMILES string of the molecule is CC(C)OCC(O)CN1CCC2C(CCC(=O)N2C2CC2)C1. The van der Waals surface area contributed by atoms with E-state index in [4.69, 9.17) is 4.74 Å². The number of fused-ring (bicyclic) bond motifs is 1. The fraction of sp³-hybridized carbons (Fsp3) is 0.941. The molecule has 3 unspecified atom stereocenters. The molecule has 5 heteroatoms. The number of likely N-dealkylation sites (tertiary alicyclic amines) is 2. The lowest BCUT2D eigenvalue weighted by Crippen LogP contribution is -2.57. The van der Waals surface area contributed by atoms with E-state index in [2.05, 4.69) is 9.80 Å². The van der Waals surface area contributed by atoms with Crippen LogP contribution in [0, 0.1) is 5.92 Å². The molecule has 0 aromatic rings. The third-order valence-electron chi connectivity index (χ3n) is 5.18. The molecule has 3 rings (SSSR count). The Balaban J connectivity index is 1.50. The molecular weight excluding hydrogens is 280 g/mol. The van der Waals surface area contributed by atoms with Gasteiger partial charge >= 0.3 is 0 Å². The van der Waals surface area contributed by atoms with Gasteiger partial charge in [-0.05, 0) is 45.4 Å². The first-order valence-corrected chi connectivity index (χ1v) is 8.87. The van der Waals surface area contributed by atoms with Gasteiger partial charge < -0.3 is 19.6 Å². The lowest BCUT2D eigenvalue weighted by atomic mass is 9.83. The predicted molar refractivity (Wildman–Crippen MR) is 84.5 cm³/mol. The fourth-order valence-electron chi connectivity index (χ4n) is 4.02. The summed E-state index contributed by atoms with van der Waals surface area (Å²) < 4.78 is 5.49. The van der Waals surface area contributed by atoms with Gasteiger partial charge in [-0.25, -0.2) is 0 Å². The van der Waals surface area contributed by atoms with Crippen LogP contribution in [-0.2, 0) is 9.53 Å². The van der Waals surface area contributed by atoms with Crippen molar-refractivity contribution in [3.63, 3.8) is 0 Å². The van der Waals surface area contributed by atoms with Gasteiger partial charge in [0.25, 0.3) is 0 Å². The Hall–Kier alpha value is -0.650. The lowest BCUT2D eigenvalue weighted by molar-refractivity contribution is -0.142. The zero-order chi connectivity index (χ0) is 15.7. The summed E-state index contributed by atoms with van der Waals surface area (Å²) in [7, 11) is 0. The van der Waals surface area contributed by atoms with Crippen molar-refractivity contribution in [2.45, 2.75) is 70.2 Å². The first-order valence-electron chi connectivity index (χ1n) is 8.87. The molecule has 22 heavy (non-hydrogen) atoms. The molecule has 1 amide bonds. The number of ether oxygens (including phenoxy) is 1. The molecular formula is C17H30N2O3. The number of carbonyl (C=O) groups is 1. The van der Waals surface area contributed by atoms with Crippen LogP contribution in [0.25, 0.3) is 0 Å². The van der Waals surface area contributed by atoms with Crippen LogP contribution in [0.4, 0.5) is 0 Å². The van der Waals surface area contributed by atoms with Crippen LogP contribution >= 0.6 is 0 Å². The minimum Gasteiger partial charge on any atom is -0.389 e. The molecule has 3 atom stereocenters. The largest absolute Gasteiger partial charge is 0.389 e. The van der Waals surface area contributed by atoms with Gasteiger partial charge in [-0.15, -0.1) is 0 Å². The number of hydrogen-bond donors (Lipinski definition) is 1. The van der Waals surface area contributed by atoms with Crippen molar-refractivity contribution in [3.05, 3.63) is 0 Å². The van der Waals surface area contributed by atoms with Crippen molar-refractivity contribution in [1.82, 2.24) is 9.80 Å². The van der Waals surface area contributed by atoms with E-state index in [-0.39, 0.29) is 6.10 Å². The number of β-amino-alcohol motifs (C(OH)–C–C–N with tert-alkyl or cyclic N) is 1. The summed E-state index contributed by atoms with van der Waals surface area (Å²) in [6.45, 7) is 7.08. The van der Waals surface area contributed by atoms with Crippen LogP contribution in [0.5, 0.6) is 0 Å². The van der Waals surface area contributed by atoms with Gasteiger partial charge in [-0.1, -0.05) is 0 Å². The molecule has 0 aromatic carbocycles. The van der Waals surface area contributed by atoms with E-state index in [1.54, 1.807) is 0 Å². The smallest absolute Gasteiger partial charge is 0.223 e. The van der Waals surface area contributed by atoms with Crippen LogP contribution in [0.1, 0.15) is 46.0 Å². The molecule has 3 aliphatic rings. The van der Waals surface area contributed by atoms with Crippen molar-refractivity contribution in [2.24, 2.45) is 5.92 Å². The summed E-state index contributed by atoms with van der Waals surface area (Å²) in [6.07, 6.45) is 4.94. The van der Waals surface area contributed by atoms with Gasteiger partial charge in [0.15, 0.2) is 0 Å². The minimum atomic E-state index is -0.413. The maximum absolute atomic E-state index is 12.2. The van der Waals surface area contributed by atoms with E-state index in [1.165, 1.54) is 12.8 Å². The molecule has 1 aliphatic carbocycles. The summed E-state index contributed by atoms with van der Waals surface area (Å²) in [5.74, 6) is 0.966. The molecule has 2 heterocycles. The zero-order valence-electron chi connectivity index (χ0n) is 13.9. The molecule has 3 fully saturated rings. The Kier molecular flexibility index (Phi) is 5.05. The first-order chi connectivity index (χ1) is 10.5. The van der Waals surface area contributed by atoms with E-state index < -0.39 is 6.10 Å². The molecule has 5 nitrogen and oxygen atoms in total. The summed E-state index contributed by atoms with van der Waals surface area (Å²) in [5.41, 5.74) is 0. The highest BCUT2D eigenvalue weighted by Gasteiger charge is 2.45. The van der Waals surface area contributed by atoms with Crippen molar-refractivity contribution in [3.8, 4) is 0 Å². The molecule has 2 saturated heterocycles. The number of piperidine rings is 2. The normalized spacial score (nSPS) is 31.5. The standard InChI is InChI=1S/C17H30N2O3/c1-12(2)22-11-15(20)10-18-8-7-16-13(9-18)3-6-17(21)19(16)14-4-5-14/h12-16,20H,3-11H2,1-2H3. The van der Waals surface area contributed by atoms with E-state index in [1.807, 2.05) is 13.8 Å². The number of rotatable bonds is 6. The van der Waals surface area contributed by atoms with Crippen LogP contribution < -0.4 is 0 Å². The van der Waals surface area contributed by atoms with E-state index in [0.29, 0.717) is 43.5 Å². The molecule has 0 spiro atoms. The van der Waals surface area contributed by atoms with Gasteiger partial charge in [0.1, 0.15) is 0 Å². The van der Waals surface area contributed by atoms with Crippen molar-refractivity contribution in [2.75, 3.05) is 26.2 Å². The van der Waals surface area contributed by atoms with Gasteiger partial charge in [0.05, 0.1) is 18.8 Å². The van der Waals surface area contributed by atoms with Gasteiger partial charge in [0, 0.05) is 38.1 Å². The fourth-order valence-corrected chi connectivity index (χ4v) is 4.02. The molecule has 1 saturated carbocycles. The molecule has 0 bridgehead atoms. The average Bonchev–Trinajstić information content (AvgIpc) is 3.30. The van der Waals surface area contributed by atoms with Crippen LogP contribution in [0.3, 0.4) is 0 Å². The lowest BCUT2D eigenvalue weighted by Gasteiger charge is -2.47. The first kappa shape index (κ1) is 16.2. The second kappa shape index (κ2) is 6.85. The maximum atomic E-state index is 12.2. The second-order valence-corrected chi connectivity index (χ2v) is 7.48. The van der Waals surface area contributed by atoms with Crippen molar-refractivity contribution < 1.29 is 14.6 Å². The Bertz CT molecular complexity index is 397. The van der Waals surface area contributed by atoms with E-state index in [0.717, 1.165) is 25.9 Å². The van der Waals surface area contributed by atoms with Gasteiger partial charge in [-0.3, -0.25) is 4.79 Å². The monoisotopic (exact) mass is 310 g/mol. The van der Waals surface area contributed by atoms with E-state index >= 15 is 0 Å². The molecule has 0 aromatic heterocycles. The number of nitrogens with zero attached hydrogens (tertiary/aromatic N) is 2. The van der Waals surface area contributed by atoms with Crippen LogP contribution in [-0.4, -0.2) is 71.3 Å². The van der Waals surface area contributed by atoms with Crippen LogP contribution in [0.15, 0.2) is 0 Å². The molecule has 1 N–H and O–H groups in total. The van der Waals surface area contributed by atoms with Crippen LogP contribution in [0.2, 0.25) is 0 Å². The highest BCUT2D eigenvalue weighted by molar-refractivity contribution is 5.78. The number of hydrogen-bond acceptors (Lipinski definition) is 4. The highest BCUT2D eigenvalue weighted by Crippen LogP contribution is 2.38. The second-order valence-electron chi connectivity index (χ2n) is 7.48. The zero-order valence-corrected chi connectivity index (χ0v) is 13.9. The quantitative estimate of drug-likeness (QED) is 0.802. The Labute approximate surface area is 133 Å².